The Morgan fingerprint density at radius 3 is 0.900 bits per heavy atom. The molecule has 2 fully saturated rings. The molecule has 0 N–H and O–H groups in total. The molecular weight excluding hydrogens is 128 g/mol. The molecule has 2 rings (SSSR count). The van der Waals surface area contributed by atoms with Crippen molar-refractivity contribution in [1.82, 2.24) is 0 Å². The molecule has 0 aromatic rings. The summed E-state index contributed by atoms with van der Waals surface area (Å²) in [6.45, 7) is 4.00. The maximum atomic E-state index is 4.94. The van der Waals surface area contributed by atoms with Crippen molar-refractivity contribution in [3.63, 3.8) is 0 Å². The van der Waals surface area contributed by atoms with Crippen LogP contribution in [0, 0.1) is 0 Å². The molecule has 0 bridgehead atoms. The summed E-state index contributed by atoms with van der Waals surface area (Å²) in [6.07, 6.45) is 5.11. The predicted molar refractivity (Wildman–Crippen MR) is 40.1 cm³/mol. The Hall–Kier alpha value is -0.0800. The van der Waals surface area contributed by atoms with E-state index in [0.717, 1.165) is 26.4 Å². The van der Waals surface area contributed by atoms with Gasteiger partial charge in [0.1, 0.15) is 0 Å². The fourth-order valence-corrected chi connectivity index (χ4v) is 1.02. The van der Waals surface area contributed by atoms with Crippen molar-refractivity contribution in [3.8, 4) is 0 Å². The number of hydrogen-bond donors (Lipinski definition) is 0. The van der Waals surface area contributed by atoms with Crippen molar-refractivity contribution in [2.45, 2.75) is 25.7 Å². The van der Waals surface area contributed by atoms with Crippen LogP contribution in [0.25, 0.3) is 0 Å². The van der Waals surface area contributed by atoms with Crippen LogP contribution in [-0.4, -0.2) is 26.4 Å². The molecule has 0 saturated carbocycles. The lowest BCUT2D eigenvalue weighted by atomic mass is 10.4. The summed E-state index contributed by atoms with van der Waals surface area (Å²) in [6, 6.07) is 0. The normalized spacial score (nSPS) is 24.0. The van der Waals surface area contributed by atoms with E-state index in [-0.39, 0.29) is 0 Å². The quantitative estimate of drug-likeness (QED) is 0.514. The predicted octanol–water partition coefficient (Wildman–Crippen LogP) is 1.59. The molecule has 0 aliphatic carbocycles. The fraction of sp³-hybridized carbons (Fsp3) is 1.00. The zero-order valence-corrected chi connectivity index (χ0v) is 6.47. The minimum absolute atomic E-state index is 1.00. The summed E-state index contributed by atoms with van der Waals surface area (Å²) >= 11 is 0. The Balaban J connectivity index is 0.0000001000. The van der Waals surface area contributed by atoms with Gasteiger partial charge in [-0.3, -0.25) is 0 Å². The van der Waals surface area contributed by atoms with Crippen molar-refractivity contribution in [2.24, 2.45) is 0 Å². The molecule has 2 aliphatic heterocycles. The molecule has 0 unspecified atom stereocenters. The SMILES string of the molecule is C1CCOC1.C1CCOC1. The largest absolute Gasteiger partial charge is 0.381 e. The first-order valence-corrected chi connectivity index (χ1v) is 4.15. The second kappa shape index (κ2) is 5.69. The fourth-order valence-electron chi connectivity index (χ4n) is 1.02. The third kappa shape index (κ3) is 3.85. The van der Waals surface area contributed by atoms with Crippen LogP contribution in [-0.2, 0) is 9.47 Å². The summed E-state index contributed by atoms with van der Waals surface area (Å²) in [5.74, 6) is 0. The molecule has 0 spiro atoms. The maximum absolute atomic E-state index is 4.94. The van der Waals surface area contributed by atoms with Gasteiger partial charge >= 0.3 is 0 Å². The van der Waals surface area contributed by atoms with E-state index < -0.39 is 0 Å². The lowest BCUT2D eigenvalue weighted by Gasteiger charge is -1.76. The molecular formula is C8H16O2. The van der Waals surface area contributed by atoms with E-state index in [2.05, 4.69) is 0 Å². The van der Waals surface area contributed by atoms with Crippen molar-refractivity contribution in [3.05, 3.63) is 0 Å². The summed E-state index contributed by atoms with van der Waals surface area (Å²) in [7, 11) is 0. The van der Waals surface area contributed by atoms with Gasteiger partial charge in [0.15, 0.2) is 0 Å². The van der Waals surface area contributed by atoms with Gasteiger partial charge in [-0.2, -0.15) is 0 Å². The van der Waals surface area contributed by atoms with E-state index in [1.54, 1.807) is 0 Å². The van der Waals surface area contributed by atoms with E-state index in [4.69, 9.17) is 9.47 Å². The molecule has 0 amide bonds. The van der Waals surface area contributed by atoms with E-state index in [1.165, 1.54) is 25.7 Å². The third-order valence-electron chi connectivity index (χ3n) is 1.65. The lowest BCUT2D eigenvalue weighted by molar-refractivity contribution is 0.198. The van der Waals surface area contributed by atoms with Gasteiger partial charge in [0.2, 0.25) is 0 Å². The first-order valence-electron chi connectivity index (χ1n) is 4.15. The van der Waals surface area contributed by atoms with Crippen LogP contribution in [0.1, 0.15) is 25.7 Å². The Bertz CT molecular complexity index is 40.4. The van der Waals surface area contributed by atoms with Crippen LogP contribution in [0.15, 0.2) is 0 Å². The van der Waals surface area contributed by atoms with Gasteiger partial charge in [-0.1, -0.05) is 0 Å². The molecule has 0 atom stereocenters. The first kappa shape index (κ1) is 8.02. The minimum Gasteiger partial charge on any atom is -0.381 e. The van der Waals surface area contributed by atoms with E-state index >= 15 is 0 Å². The monoisotopic (exact) mass is 144 g/mol. The van der Waals surface area contributed by atoms with E-state index in [0.29, 0.717) is 0 Å². The molecule has 0 aromatic carbocycles. The van der Waals surface area contributed by atoms with Crippen LogP contribution in [0.5, 0.6) is 0 Å². The van der Waals surface area contributed by atoms with Gasteiger partial charge in [0.05, 0.1) is 0 Å². The van der Waals surface area contributed by atoms with Crippen LogP contribution < -0.4 is 0 Å². The number of ether oxygens (including phenoxy) is 2. The zero-order chi connectivity index (χ0) is 7.07. The molecule has 2 heterocycles. The summed E-state index contributed by atoms with van der Waals surface area (Å²) in [4.78, 5) is 0. The zero-order valence-electron chi connectivity index (χ0n) is 6.47. The molecule has 2 nitrogen and oxygen atoms in total. The average Bonchev–Trinajstić information content (AvgIpc) is 2.67. The second-order valence-corrected chi connectivity index (χ2v) is 2.64. The molecule has 60 valence electrons. The summed E-state index contributed by atoms with van der Waals surface area (Å²) in [5, 5.41) is 0. The third-order valence-corrected chi connectivity index (χ3v) is 1.65. The summed E-state index contributed by atoms with van der Waals surface area (Å²) < 4.78 is 9.89. The van der Waals surface area contributed by atoms with Gasteiger partial charge in [-0.25, -0.2) is 0 Å². The van der Waals surface area contributed by atoms with Crippen LogP contribution in [0.3, 0.4) is 0 Å². The molecule has 0 radical (unpaired) electrons. The van der Waals surface area contributed by atoms with Gasteiger partial charge in [0, 0.05) is 26.4 Å². The van der Waals surface area contributed by atoms with Crippen molar-refractivity contribution < 1.29 is 9.47 Å². The first-order chi connectivity index (χ1) is 5.00. The highest BCUT2D eigenvalue weighted by atomic mass is 16.5. The lowest BCUT2D eigenvalue weighted by Crippen LogP contribution is -1.74. The smallest absolute Gasteiger partial charge is 0.0466 e. The molecule has 10 heavy (non-hydrogen) atoms. The Morgan fingerprint density at radius 2 is 0.800 bits per heavy atom. The van der Waals surface area contributed by atoms with Crippen molar-refractivity contribution in [2.75, 3.05) is 26.4 Å². The van der Waals surface area contributed by atoms with Gasteiger partial charge in [-0.05, 0) is 25.7 Å². The summed E-state index contributed by atoms with van der Waals surface area (Å²) in [5.41, 5.74) is 0. The van der Waals surface area contributed by atoms with Gasteiger partial charge < -0.3 is 9.47 Å². The minimum atomic E-state index is 1.00. The molecule has 2 aliphatic rings. The van der Waals surface area contributed by atoms with Crippen LogP contribution >= 0.6 is 0 Å². The number of hydrogen-bond acceptors (Lipinski definition) is 2. The highest BCUT2D eigenvalue weighted by molar-refractivity contribution is 4.44. The van der Waals surface area contributed by atoms with Crippen molar-refractivity contribution in [1.29, 1.82) is 0 Å². The molecule has 2 saturated heterocycles. The van der Waals surface area contributed by atoms with Crippen LogP contribution in [0.4, 0.5) is 0 Å². The highest BCUT2D eigenvalue weighted by Crippen LogP contribution is 1.98. The Labute approximate surface area is 62.5 Å². The van der Waals surface area contributed by atoms with Gasteiger partial charge in [0.25, 0.3) is 0 Å². The van der Waals surface area contributed by atoms with Crippen LogP contribution in [0.2, 0.25) is 0 Å². The number of rotatable bonds is 0. The molecule has 2 heteroatoms. The molecule has 0 aromatic heterocycles. The van der Waals surface area contributed by atoms with E-state index in [1.807, 2.05) is 0 Å². The average molecular weight is 144 g/mol. The maximum Gasteiger partial charge on any atom is 0.0466 e. The Kier molecular flexibility index (Phi) is 4.56. The highest BCUT2D eigenvalue weighted by Gasteiger charge is 1.95. The van der Waals surface area contributed by atoms with Crippen molar-refractivity contribution >= 4 is 0 Å². The van der Waals surface area contributed by atoms with E-state index in [9.17, 15) is 0 Å². The second-order valence-electron chi connectivity index (χ2n) is 2.64. The standard InChI is InChI=1S/2C4H8O/c2*1-2-4-5-3-1/h2*1-4H2. The topological polar surface area (TPSA) is 18.5 Å². The van der Waals surface area contributed by atoms with Gasteiger partial charge in [-0.15, -0.1) is 0 Å². The Morgan fingerprint density at radius 1 is 0.500 bits per heavy atom.